The van der Waals surface area contributed by atoms with Gasteiger partial charge >= 0.3 is 0 Å². The van der Waals surface area contributed by atoms with Gasteiger partial charge in [0.15, 0.2) is 0 Å². The van der Waals surface area contributed by atoms with Crippen LogP contribution in [0.15, 0.2) is 45.8 Å². The lowest BCUT2D eigenvalue weighted by atomic mass is 9.91. The highest BCUT2D eigenvalue weighted by molar-refractivity contribution is 7.92. The van der Waals surface area contributed by atoms with E-state index in [-0.39, 0.29) is 4.90 Å². The zero-order valence-electron chi connectivity index (χ0n) is 15.3. The molecule has 0 saturated carbocycles. The lowest BCUT2D eigenvalue weighted by Crippen LogP contribution is -2.17. The van der Waals surface area contributed by atoms with Gasteiger partial charge in [0.05, 0.1) is 10.6 Å². The van der Waals surface area contributed by atoms with Gasteiger partial charge in [0, 0.05) is 12.5 Å². The number of rotatable bonds is 4. The molecule has 0 fully saturated rings. The molecule has 7 heteroatoms. The van der Waals surface area contributed by atoms with Crippen molar-refractivity contribution in [1.29, 1.82) is 0 Å². The molecule has 0 amide bonds. The molecule has 1 aliphatic carbocycles. The summed E-state index contributed by atoms with van der Waals surface area (Å²) >= 11 is 0. The third kappa shape index (κ3) is 3.47. The van der Waals surface area contributed by atoms with Gasteiger partial charge < -0.3 is 4.52 Å². The second-order valence-corrected chi connectivity index (χ2v) is 8.52. The normalized spacial score (nSPS) is 14.0. The first-order valence-electron chi connectivity index (χ1n) is 8.99. The van der Waals surface area contributed by atoms with Crippen LogP contribution < -0.4 is 4.72 Å². The average molecular weight is 383 g/mol. The number of nitrogens with zero attached hydrogens (tertiary/aromatic N) is 2. The highest BCUT2D eigenvalue weighted by atomic mass is 32.2. The van der Waals surface area contributed by atoms with Gasteiger partial charge in [0.25, 0.3) is 10.0 Å². The molecule has 1 N–H and O–H groups in total. The topological polar surface area (TPSA) is 85.1 Å². The van der Waals surface area contributed by atoms with Gasteiger partial charge in [-0.1, -0.05) is 29.4 Å². The number of hydrogen-bond donors (Lipinski definition) is 1. The van der Waals surface area contributed by atoms with E-state index in [2.05, 4.69) is 20.9 Å². The van der Waals surface area contributed by atoms with Gasteiger partial charge in [-0.05, 0) is 61.4 Å². The van der Waals surface area contributed by atoms with E-state index in [1.54, 1.807) is 32.0 Å². The molecule has 0 unspecified atom stereocenters. The SMILES string of the molecule is Cc1nc(-c2ccc(C)c(S(=O)(=O)Nc3cccc4c3CCCC4)c2)no1. The monoisotopic (exact) mass is 383 g/mol. The maximum atomic E-state index is 13.1. The van der Waals surface area contributed by atoms with Gasteiger partial charge in [-0.15, -0.1) is 0 Å². The van der Waals surface area contributed by atoms with Gasteiger partial charge in [0.1, 0.15) is 0 Å². The molecule has 1 heterocycles. The third-order valence-electron chi connectivity index (χ3n) is 4.90. The number of aromatic nitrogens is 2. The van der Waals surface area contributed by atoms with Crippen LogP contribution in [0, 0.1) is 13.8 Å². The number of nitrogens with one attached hydrogen (secondary N) is 1. The summed E-state index contributed by atoms with van der Waals surface area (Å²) in [7, 11) is -3.74. The fraction of sp³-hybridized carbons (Fsp3) is 0.300. The Balaban J connectivity index is 1.72. The van der Waals surface area contributed by atoms with Crippen molar-refractivity contribution < 1.29 is 12.9 Å². The van der Waals surface area contributed by atoms with Crippen LogP contribution in [0.5, 0.6) is 0 Å². The minimum atomic E-state index is -3.74. The summed E-state index contributed by atoms with van der Waals surface area (Å²) in [6.07, 6.45) is 4.12. The summed E-state index contributed by atoms with van der Waals surface area (Å²) in [6, 6.07) is 11.0. The average Bonchev–Trinajstić information content (AvgIpc) is 3.08. The first-order valence-corrected chi connectivity index (χ1v) is 10.5. The molecule has 4 rings (SSSR count). The van der Waals surface area contributed by atoms with Crippen molar-refractivity contribution in [3.8, 4) is 11.4 Å². The van der Waals surface area contributed by atoms with Crippen LogP contribution in [-0.4, -0.2) is 18.6 Å². The summed E-state index contributed by atoms with van der Waals surface area (Å²) < 4.78 is 34.0. The number of fused-ring (bicyclic) bond motifs is 1. The van der Waals surface area contributed by atoms with E-state index in [0.29, 0.717) is 28.5 Å². The Labute approximate surface area is 158 Å². The van der Waals surface area contributed by atoms with Crippen molar-refractivity contribution in [3.05, 3.63) is 59.0 Å². The van der Waals surface area contributed by atoms with E-state index in [4.69, 9.17) is 4.52 Å². The minimum Gasteiger partial charge on any atom is -0.339 e. The van der Waals surface area contributed by atoms with Crippen molar-refractivity contribution >= 4 is 15.7 Å². The molecule has 2 aromatic carbocycles. The first kappa shape index (κ1) is 17.7. The smallest absolute Gasteiger partial charge is 0.262 e. The van der Waals surface area contributed by atoms with Crippen molar-refractivity contribution in [2.45, 2.75) is 44.4 Å². The second-order valence-electron chi connectivity index (χ2n) is 6.87. The number of sulfonamides is 1. The van der Waals surface area contributed by atoms with Gasteiger partial charge in [-0.2, -0.15) is 4.98 Å². The standard InChI is InChI=1S/C20H21N3O3S/c1-13-10-11-16(20-21-14(2)26-22-20)12-19(13)27(24,25)23-18-9-5-7-15-6-3-4-8-17(15)18/h5,7,9-12,23H,3-4,6,8H2,1-2H3. The molecule has 0 saturated heterocycles. The number of benzene rings is 2. The Kier molecular flexibility index (Phi) is 4.47. The molecule has 0 radical (unpaired) electrons. The summed E-state index contributed by atoms with van der Waals surface area (Å²) in [5.41, 5.74) is 4.28. The Morgan fingerprint density at radius 2 is 1.89 bits per heavy atom. The predicted molar refractivity (Wildman–Crippen MR) is 103 cm³/mol. The quantitative estimate of drug-likeness (QED) is 0.735. The summed E-state index contributed by atoms with van der Waals surface area (Å²) in [6.45, 7) is 3.47. The molecular formula is C20H21N3O3S. The van der Waals surface area contributed by atoms with Crippen LogP contribution in [0.2, 0.25) is 0 Å². The van der Waals surface area contributed by atoms with E-state index in [0.717, 1.165) is 31.2 Å². The van der Waals surface area contributed by atoms with Crippen molar-refractivity contribution in [2.24, 2.45) is 0 Å². The van der Waals surface area contributed by atoms with Crippen LogP contribution in [-0.2, 0) is 22.9 Å². The van der Waals surface area contributed by atoms with Crippen molar-refractivity contribution in [3.63, 3.8) is 0 Å². The Morgan fingerprint density at radius 3 is 2.67 bits per heavy atom. The molecule has 1 aliphatic rings. The van der Waals surface area contributed by atoms with Gasteiger partial charge in [0.2, 0.25) is 11.7 Å². The minimum absolute atomic E-state index is 0.218. The molecular weight excluding hydrogens is 362 g/mol. The number of hydrogen-bond acceptors (Lipinski definition) is 5. The van der Waals surface area contributed by atoms with Crippen molar-refractivity contribution in [2.75, 3.05) is 4.72 Å². The van der Waals surface area contributed by atoms with Gasteiger partial charge in [-0.3, -0.25) is 4.72 Å². The largest absolute Gasteiger partial charge is 0.339 e. The third-order valence-corrected chi connectivity index (χ3v) is 6.41. The van der Waals surface area contributed by atoms with Crippen molar-refractivity contribution in [1.82, 2.24) is 10.1 Å². The van der Waals surface area contributed by atoms with E-state index >= 15 is 0 Å². The lowest BCUT2D eigenvalue weighted by Gasteiger charge is -2.20. The highest BCUT2D eigenvalue weighted by Crippen LogP contribution is 2.31. The molecule has 140 valence electrons. The highest BCUT2D eigenvalue weighted by Gasteiger charge is 2.22. The number of aryl methyl sites for hydroxylation is 3. The van der Waals surface area contributed by atoms with E-state index in [1.807, 2.05) is 12.1 Å². The van der Waals surface area contributed by atoms with Crippen LogP contribution in [0.4, 0.5) is 5.69 Å². The maximum Gasteiger partial charge on any atom is 0.262 e. The molecule has 0 spiro atoms. The molecule has 0 atom stereocenters. The Bertz CT molecular complexity index is 1100. The summed E-state index contributed by atoms with van der Waals surface area (Å²) in [5, 5.41) is 3.88. The summed E-state index contributed by atoms with van der Waals surface area (Å²) in [4.78, 5) is 4.40. The number of anilines is 1. The van der Waals surface area contributed by atoms with Crippen LogP contribution in [0.3, 0.4) is 0 Å². The van der Waals surface area contributed by atoms with Gasteiger partial charge in [-0.25, -0.2) is 8.42 Å². The second kappa shape index (κ2) is 6.81. The van der Waals surface area contributed by atoms with E-state index in [1.165, 1.54) is 5.56 Å². The predicted octanol–water partition coefficient (Wildman–Crippen LogP) is 4.03. The Hall–Kier alpha value is -2.67. The first-order chi connectivity index (χ1) is 12.9. The van der Waals surface area contributed by atoms with Crippen LogP contribution in [0.25, 0.3) is 11.4 Å². The molecule has 0 aliphatic heterocycles. The lowest BCUT2D eigenvalue weighted by molar-refractivity contribution is 0.394. The molecule has 27 heavy (non-hydrogen) atoms. The fourth-order valence-electron chi connectivity index (χ4n) is 3.52. The maximum absolute atomic E-state index is 13.1. The molecule has 6 nitrogen and oxygen atoms in total. The Morgan fingerprint density at radius 1 is 1.07 bits per heavy atom. The summed E-state index contributed by atoms with van der Waals surface area (Å²) in [5.74, 6) is 0.810. The van der Waals surface area contributed by atoms with E-state index in [9.17, 15) is 8.42 Å². The zero-order valence-corrected chi connectivity index (χ0v) is 16.1. The molecule has 3 aromatic rings. The fourth-order valence-corrected chi connectivity index (χ4v) is 4.89. The molecule has 1 aromatic heterocycles. The van der Waals surface area contributed by atoms with E-state index < -0.39 is 10.0 Å². The zero-order chi connectivity index (χ0) is 19.0. The molecule has 0 bridgehead atoms. The van der Waals surface area contributed by atoms with Crippen LogP contribution in [0.1, 0.15) is 35.4 Å². The van der Waals surface area contributed by atoms with Crippen LogP contribution >= 0.6 is 0 Å².